The molecule has 1 fully saturated rings. The third-order valence-corrected chi connectivity index (χ3v) is 5.80. The normalized spacial score (nSPS) is 14.9. The fourth-order valence-electron chi connectivity index (χ4n) is 4.10. The highest BCUT2D eigenvalue weighted by molar-refractivity contribution is 5.63. The second-order valence-electron chi connectivity index (χ2n) is 7.47. The Morgan fingerprint density at radius 3 is 2.21 bits per heavy atom. The quantitative estimate of drug-likeness (QED) is 0.536. The van der Waals surface area contributed by atoms with Crippen molar-refractivity contribution in [2.45, 2.75) is 24.7 Å². The molecule has 0 bridgehead atoms. The van der Waals surface area contributed by atoms with Gasteiger partial charge >= 0.3 is 0 Å². The third-order valence-electron chi connectivity index (χ3n) is 5.80. The fraction of sp³-hybridized carbons (Fsp3) is 0.167. The number of anilines is 1. The van der Waals surface area contributed by atoms with Gasteiger partial charge in [-0.1, -0.05) is 48.9 Å². The zero-order valence-electron chi connectivity index (χ0n) is 16.0. The highest BCUT2D eigenvalue weighted by Crippen LogP contribution is 2.49. The predicted octanol–water partition coefficient (Wildman–Crippen LogP) is 4.84. The van der Waals surface area contributed by atoms with Gasteiger partial charge in [-0.15, -0.1) is 0 Å². The van der Waals surface area contributed by atoms with Crippen molar-refractivity contribution in [1.29, 1.82) is 0 Å². The number of aromatic nitrogens is 3. The number of hydrogen-bond acceptors (Lipinski definition) is 4. The first kappa shape index (κ1) is 17.5. The molecule has 0 aliphatic heterocycles. The number of benzene rings is 2. The first-order chi connectivity index (χ1) is 14.2. The molecule has 5 heteroatoms. The second-order valence-corrected chi connectivity index (χ2v) is 7.47. The van der Waals surface area contributed by atoms with Gasteiger partial charge in [-0.2, -0.15) is 4.73 Å². The van der Waals surface area contributed by atoms with Gasteiger partial charge in [-0.3, -0.25) is 0 Å². The van der Waals surface area contributed by atoms with Crippen molar-refractivity contribution in [2.75, 3.05) is 5.73 Å². The lowest BCUT2D eigenvalue weighted by Gasteiger charge is -2.42. The molecule has 0 saturated heterocycles. The largest absolute Gasteiger partial charge is 0.376 e. The van der Waals surface area contributed by atoms with Gasteiger partial charge < -0.3 is 10.6 Å². The molecule has 5 rings (SSSR count). The minimum atomic E-state index is -0.0194. The monoisotopic (exact) mass is 382 g/mol. The molecule has 2 N–H and O–H groups in total. The topological polar surface area (TPSA) is 66.0 Å². The van der Waals surface area contributed by atoms with Crippen molar-refractivity contribution >= 4 is 5.95 Å². The lowest BCUT2D eigenvalue weighted by molar-refractivity contribution is 0.172. The molecule has 1 saturated carbocycles. The Labute approximate surface area is 169 Å². The van der Waals surface area contributed by atoms with E-state index in [9.17, 15) is 0 Å². The van der Waals surface area contributed by atoms with Crippen LogP contribution in [0.15, 0.2) is 85.3 Å². The Hall–Kier alpha value is -3.60. The smallest absolute Gasteiger partial charge is 0.219 e. The lowest BCUT2D eigenvalue weighted by Crippen LogP contribution is -2.38. The zero-order chi connectivity index (χ0) is 19.7. The van der Waals surface area contributed by atoms with Gasteiger partial charge in [0.1, 0.15) is 0 Å². The minimum Gasteiger partial charge on any atom is -0.376 e. The summed E-state index contributed by atoms with van der Waals surface area (Å²) >= 11 is 0. The van der Waals surface area contributed by atoms with Crippen LogP contribution in [0.1, 0.15) is 30.5 Å². The molecule has 0 spiro atoms. The molecule has 0 unspecified atom stereocenters. The van der Waals surface area contributed by atoms with Gasteiger partial charge in [0.05, 0.1) is 5.69 Å². The van der Waals surface area contributed by atoms with Crippen LogP contribution in [0, 0.1) is 0 Å². The van der Waals surface area contributed by atoms with Gasteiger partial charge in [0.15, 0.2) is 5.75 Å². The number of nitrogens with zero attached hydrogens (tertiary/aromatic N) is 3. The van der Waals surface area contributed by atoms with E-state index in [1.165, 1.54) is 17.7 Å². The molecule has 0 radical (unpaired) electrons. The van der Waals surface area contributed by atoms with Gasteiger partial charge in [-0.05, 0) is 48.2 Å². The molecule has 4 aromatic rings. The first-order valence-corrected chi connectivity index (χ1v) is 9.84. The average molecular weight is 382 g/mol. The Kier molecular flexibility index (Phi) is 4.28. The van der Waals surface area contributed by atoms with E-state index in [4.69, 9.17) is 10.6 Å². The van der Waals surface area contributed by atoms with Gasteiger partial charge in [0, 0.05) is 29.6 Å². The SMILES string of the molecule is Nc1ncc(-c2ccc(C3(c4cccn4Oc4ccccc4)CCC3)cc2)cn1. The van der Waals surface area contributed by atoms with Crippen molar-refractivity contribution < 1.29 is 4.84 Å². The summed E-state index contributed by atoms with van der Waals surface area (Å²) in [5, 5.41) is 0. The maximum Gasteiger partial charge on any atom is 0.219 e. The van der Waals surface area contributed by atoms with E-state index in [-0.39, 0.29) is 11.4 Å². The molecule has 0 amide bonds. The number of nitrogens with two attached hydrogens (primary N) is 1. The van der Waals surface area contributed by atoms with E-state index in [1.54, 1.807) is 12.4 Å². The van der Waals surface area contributed by atoms with Crippen LogP contribution in [0.3, 0.4) is 0 Å². The maximum atomic E-state index is 6.15. The van der Waals surface area contributed by atoms with E-state index in [0.29, 0.717) is 0 Å². The average Bonchev–Trinajstić information content (AvgIpc) is 3.17. The van der Waals surface area contributed by atoms with Gasteiger partial charge in [0.2, 0.25) is 5.95 Å². The van der Waals surface area contributed by atoms with E-state index in [0.717, 1.165) is 29.7 Å². The summed E-state index contributed by atoms with van der Waals surface area (Å²) in [4.78, 5) is 14.3. The highest BCUT2D eigenvalue weighted by atomic mass is 16.7. The van der Waals surface area contributed by atoms with E-state index < -0.39 is 0 Å². The summed E-state index contributed by atoms with van der Waals surface area (Å²) < 4.78 is 1.91. The molecule has 144 valence electrons. The zero-order valence-corrected chi connectivity index (χ0v) is 16.0. The minimum absolute atomic E-state index is 0.0194. The summed E-state index contributed by atoms with van der Waals surface area (Å²) in [7, 11) is 0. The first-order valence-electron chi connectivity index (χ1n) is 9.84. The Morgan fingerprint density at radius 2 is 1.55 bits per heavy atom. The van der Waals surface area contributed by atoms with Crippen LogP contribution in [-0.4, -0.2) is 14.7 Å². The standard InChI is InChI=1S/C24H22N4O/c25-23-26-16-19(17-27-23)18-9-11-20(12-10-18)24(13-5-14-24)22-8-4-15-28(22)29-21-6-2-1-3-7-21/h1-4,6-12,15-17H,5,13-14H2,(H2,25,26,27). The van der Waals surface area contributed by atoms with Gasteiger partial charge in [0.25, 0.3) is 0 Å². The van der Waals surface area contributed by atoms with E-state index >= 15 is 0 Å². The van der Waals surface area contributed by atoms with Crippen LogP contribution in [0.25, 0.3) is 11.1 Å². The molecule has 1 aliphatic carbocycles. The van der Waals surface area contributed by atoms with Crippen LogP contribution < -0.4 is 10.6 Å². The predicted molar refractivity (Wildman–Crippen MR) is 113 cm³/mol. The van der Waals surface area contributed by atoms with Crippen LogP contribution in [0.4, 0.5) is 5.95 Å². The van der Waals surface area contributed by atoms with Crippen LogP contribution >= 0.6 is 0 Å². The Morgan fingerprint density at radius 1 is 0.828 bits per heavy atom. The molecular formula is C24H22N4O. The molecule has 1 aliphatic rings. The molecule has 2 aromatic carbocycles. The summed E-state index contributed by atoms with van der Waals surface area (Å²) in [6, 6.07) is 22.8. The van der Waals surface area contributed by atoms with Gasteiger partial charge in [-0.25, -0.2) is 9.97 Å². The van der Waals surface area contributed by atoms with Crippen molar-refractivity contribution in [3.05, 3.63) is 96.6 Å². The van der Waals surface area contributed by atoms with Crippen LogP contribution in [0.5, 0.6) is 5.75 Å². The van der Waals surface area contributed by atoms with E-state index in [2.05, 4.69) is 46.4 Å². The van der Waals surface area contributed by atoms with Crippen molar-refractivity contribution in [1.82, 2.24) is 14.7 Å². The fourth-order valence-corrected chi connectivity index (χ4v) is 4.10. The van der Waals surface area contributed by atoms with E-state index in [1.807, 2.05) is 41.3 Å². The van der Waals surface area contributed by atoms with Crippen molar-refractivity contribution in [3.8, 4) is 16.9 Å². The molecule has 29 heavy (non-hydrogen) atoms. The van der Waals surface area contributed by atoms with Crippen molar-refractivity contribution in [3.63, 3.8) is 0 Å². The number of nitrogen functional groups attached to an aromatic ring is 1. The number of rotatable bonds is 5. The molecule has 5 nitrogen and oxygen atoms in total. The summed E-state index contributed by atoms with van der Waals surface area (Å²) in [6.07, 6.45) is 8.94. The highest BCUT2D eigenvalue weighted by Gasteiger charge is 2.43. The molecule has 2 aromatic heterocycles. The Balaban J connectivity index is 1.47. The van der Waals surface area contributed by atoms with Crippen LogP contribution in [-0.2, 0) is 5.41 Å². The third kappa shape index (κ3) is 3.14. The van der Waals surface area contributed by atoms with Crippen LogP contribution in [0.2, 0.25) is 0 Å². The molecular weight excluding hydrogens is 360 g/mol. The molecule has 0 atom stereocenters. The lowest BCUT2D eigenvalue weighted by atomic mass is 9.62. The second kappa shape index (κ2) is 7.09. The summed E-state index contributed by atoms with van der Waals surface area (Å²) in [6.45, 7) is 0. The van der Waals surface area contributed by atoms with Crippen molar-refractivity contribution in [2.24, 2.45) is 0 Å². The number of para-hydroxylation sites is 1. The number of hydrogen-bond donors (Lipinski definition) is 1. The maximum absolute atomic E-state index is 6.15. The Bertz CT molecular complexity index is 1100. The molecule has 2 heterocycles. The summed E-state index contributed by atoms with van der Waals surface area (Å²) in [5.41, 5.74) is 10.1. The summed E-state index contributed by atoms with van der Waals surface area (Å²) in [5.74, 6) is 1.12.